The Morgan fingerprint density at radius 1 is 0.710 bits per heavy atom. The number of aryl methyl sites for hydroxylation is 1. The quantitative estimate of drug-likeness (QED) is 0.144. The molecule has 0 amide bonds. The van der Waals surface area contributed by atoms with Gasteiger partial charge in [0.2, 0.25) is 0 Å². The lowest BCUT2D eigenvalue weighted by Gasteiger charge is -2.08. The van der Waals surface area contributed by atoms with Crippen LogP contribution in [0.4, 0.5) is 5.69 Å². The summed E-state index contributed by atoms with van der Waals surface area (Å²) in [6.45, 7) is 2.27. The minimum Gasteiger partial charge on any atom is -0.457 e. The Morgan fingerprint density at radius 2 is 1.26 bits per heavy atom. The van der Waals surface area contributed by atoms with Crippen LogP contribution < -0.4 is 4.74 Å². The average molecular weight is 426 g/mol. The number of nitrogens with zero attached hydrogens (tertiary/aromatic N) is 1. The molecule has 0 bridgehead atoms. The molecule has 0 atom stereocenters. The zero-order chi connectivity index (χ0) is 22.2. The molecule has 0 saturated heterocycles. The summed E-state index contributed by atoms with van der Waals surface area (Å²) < 4.78 is 5.85. The molecule has 0 N–H and O–H groups in total. The van der Waals surface area contributed by atoms with E-state index in [2.05, 4.69) is 19.1 Å². The first kappa shape index (κ1) is 24.9. The number of nitro benzene ring substituents is 1. The van der Waals surface area contributed by atoms with Crippen molar-refractivity contribution in [1.82, 2.24) is 0 Å². The van der Waals surface area contributed by atoms with Gasteiger partial charge >= 0.3 is 0 Å². The Bertz CT molecular complexity index is 742. The summed E-state index contributed by atoms with van der Waals surface area (Å²) in [7, 11) is 0. The van der Waals surface area contributed by atoms with Crippen LogP contribution in [0.1, 0.15) is 96.0 Å². The van der Waals surface area contributed by atoms with Gasteiger partial charge in [0.05, 0.1) is 4.92 Å². The number of hydrogen-bond acceptors (Lipinski definition) is 3. The van der Waals surface area contributed by atoms with E-state index < -0.39 is 4.92 Å². The van der Waals surface area contributed by atoms with Gasteiger partial charge in [-0.25, -0.2) is 0 Å². The zero-order valence-electron chi connectivity index (χ0n) is 19.2. The third-order valence-electron chi connectivity index (χ3n) is 5.75. The van der Waals surface area contributed by atoms with Gasteiger partial charge in [0, 0.05) is 12.1 Å². The van der Waals surface area contributed by atoms with Crippen molar-refractivity contribution in [3.8, 4) is 11.5 Å². The van der Waals surface area contributed by atoms with Crippen molar-refractivity contribution in [1.29, 1.82) is 0 Å². The van der Waals surface area contributed by atoms with E-state index in [4.69, 9.17) is 4.74 Å². The highest BCUT2D eigenvalue weighted by molar-refractivity contribution is 5.39. The Kier molecular flexibility index (Phi) is 12.4. The lowest BCUT2D eigenvalue weighted by molar-refractivity contribution is -0.384. The van der Waals surface area contributed by atoms with Crippen LogP contribution in [0.25, 0.3) is 0 Å². The summed E-state index contributed by atoms with van der Waals surface area (Å²) in [6.07, 6.45) is 18.9. The molecule has 0 radical (unpaired) electrons. The molecule has 170 valence electrons. The fourth-order valence-corrected chi connectivity index (χ4v) is 3.88. The number of ether oxygens (including phenoxy) is 1. The fourth-order valence-electron chi connectivity index (χ4n) is 3.88. The van der Waals surface area contributed by atoms with Crippen LogP contribution in [-0.2, 0) is 6.42 Å². The maximum atomic E-state index is 10.7. The summed E-state index contributed by atoms with van der Waals surface area (Å²) in [5.41, 5.74) is 1.35. The van der Waals surface area contributed by atoms with Crippen LogP contribution in [0.5, 0.6) is 11.5 Å². The molecule has 4 nitrogen and oxygen atoms in total. The second-order valence-corrected chi connectivity index (χ2v) is 8.49. The van der Waals surface area contributed by atoms with Crippen molar-refractivity contribution < 1.29 is 9.66 Å². The van der Waals surface area contributed by atoms with Gasteiger partial charge in [-0.1, -0.05) is 96.1 Å². The van der Waals surface area contributed by atoms with E-state index in [0.717, 1.165) is 12.2 Å². The van der Waals surface area contributed by atoms with E-state index in [-0.39, 0.29) is 5.69 Å². The molecule has 0 aromatic heterocycles. The van der Waals surface area contributed by atoms with Gasteiger partial charge in [0.15, 0.2) is 0 Å². The van der Waals surface area contributed by atoms with Crippen LogP contribution in [0.3, 0.4) is 0 Å². The van der Waals surface area contributed by atoms with E-state index in [1.807, 2.05) is 12.1 Å². The van der Waals surface area contributed by atoms with Crippen LogP contribution in [-0.4, -0.2) is 4.92 Å². The van der Waals surface area contributed by atoms with Crippen molar-refractivity contribution in [3.05, 3.63) is 64.2 Å². The van der Waals surface area contributed by atoms with E-state index >= 15 is 0 Å². The molecule has 4 heteroatoms. The topological polar surface area (TPSA) is 52.4 Å². The maximum absolute atomic E-state index is 10.7. The Morgan fingerprint density at radius 3 is 1.81 bits per heavy atom. The second kappa shape index (κ2) is 15.4. The van der Waals surface area contributed by atoms with Gasteiger partial charge in [-0.05, 0) is 42.7 Å². The number of non-ortho nitro benzene ring substituents is 1. The molecule has 0 heterocycles. The first-order valence-electron chi connectivity index (χ1n) is 12.2. The van der Waals surface area contributed by atoms with Gasteiger partial charge < -0.3 is 4.74 Å². The highest BCUT2D eigenvalue weighted by atomic mass is 16.6. The van der Waals surface area contributed by atoms with E-state index in [0.29, 0.717) is 5.75 Å². The minimum absolute atomic E-state index is 0.0727. The van der Waals surface area contributed by atoms with Crippen molar-refractivity contribution in [2.24, 2.45) is 0 Å². The monoisotopic (exact) mass is 425 g/mol. The molecule has 0 aliphatic carbocycles. The van der Waals surface area contributed by atoms with Gasteiger partial charge in [-0.2, -0.15) is 0 Å². The lowest BCUT2D eigenvalue weighted by atomic mass is 10.0. The summed E-state index contributed by atoms with van der Waals surface area (Å²) in [6, 6.07) is 14.4. The van der Waals surface area contributed by atoms with Gasteiger partial charge in [0.1, 0.15) is 11.5 Å². The van der Waals surface area contributed by atoms with Crippen LogP contribution in [0.2, 0.25) is 0 Å². The van der Waals surface area contributed by atoms with Crippen molar-refractivity contribution in [2.75, 3.05) is 0 Å². The van der Waals surface area contributed by atoms with E-state index in [9.17, 15) is 10.1 Å². The lowest BCUT2D eigenvalue weighted by Crippen LogP contribution is -1.90. The number of hydrogen-bond donors (Lipinski definition) is 0. The van der Waals surface area contributed by atoms with Crippen molar-refractivity contribution in [3.63, 3.8) is 0 Å². The summed E-state index contributed by atoms with van der Waals surface area (Å²) >= 11 is 0. The normalized spacial score (nSPS) is 10.9. The molecule has 0 fully saturated rings. The van der Waals surface area contributed by atoms with Gasteiger partial charge in [-0.15, -0.1) is 0 Å². The fraction of sp³-hybridized carbons (Fsp3) is 0.556. The largest absolute Gasteiger partial charge is 0.457 e. The molecule has 0 saturated carbocycles. The van der Waals surface area contributed by atoms with Gasteiger partial charge in [0.25, 0.3) is 5.69 Å². The third kappa shape index (κ3) is 11.0. The molecule has 0 unspecified atom stereocenters. The highest BCUT2D eigenvalue weighted by Gasteiger charge is 2.05. The number of benzene rings is 2. The first-order valence-corrected chi connectivity index (χ1v) is 12.2. The maximum Gasteiger partial charge on any atom is 0.269 e. The Hall–Kier alpha value is -2.36. The predicted octanol–water partition coefficient (Wildman–Crippen LogP) is 9.02. The first-order chi connectivity index (χ1) is 15.2. The van der Waals surface area contributed by atoms with Gasteiger partial charge in [-0.3, -0.25) is 10.1 Å². The zero-order valence-corrected chi connectivity index (χ0v) is 19.2. The minimum atomic E-state index is -0.403. The standard InChI is InChI=1S/C27H39NO3/c1-2-3-4-5-6-7-8-9-10-11-12-13-14-16-24-17-15-18-27(23-24)31-26-21-19-25(20-22-26)28(29)30/h15,17-23H,2-14,16H2,1H3. The summed E-state index contributed by atoms with van der Waals surface area (Å²) in [5, 5.41) is 10.7. The number of nitro groups is 1. The van der Waals surface area contributed by atoms with Crippen molar-refractivity contribution in [2.45, 2.75) is 96.8 Å². The molecule has 2 aromatic carbocycles. The molecule has 0 aliphatic heterocycles. The SMILES string of the molecule is CCCCCCCCCCCCCCCc1cccc(Oc2ccc([N+](=O)[O-])cc2)c1. The van der Waals surface area contributed by atoms with Crippen LogP contribution in [0, 0.1) is 10.1 Å². The average Bonchev–Trinajstić information content (AvgIpc) is 2.77. The van der Waals surface area contributed by atoms with Crippen LogP contribution >= 0.6 is 0 Å². The molecule has 31 heavy (non-hydrogen) atoms. The Balaban J connectivity index is 1.54. The van der Waals surface area contributed by atoms with E-state index in [1.165, 1.54) is 101 Å². The van der Waals surface area contributed by atoms with Crippen molar-refractivity contribution >= 4 is 5.69 Å². The summed E-state index contributed by atoms with van der Waals surface area (Å²) in [5.74, 6) is 1.39. The number of rotatable bonds is 17. The molecule has 2 aromatic rings. The predicted molar refractivity (Wildman–Crippen MR) is 129 cm³/mol. The second-order valence-electron chi connectivity index (χ2n) is 8.49. The summed E-state index contributed by atoms with van der Waals surface area (Å²) in [4.78, 5) is 10.3. The van der Waals surface area contributed by atoms with Crippen LogP contribution in [0.15, 0.2) is 48.5 Å². The molecular weight excluding hydrogens is 386 g/mol. The Labute approximate surface area is 188 Å². The van der Waals surface area contributed by atoms with E-state index in [1.54, 1.807) is 12.1 Å². The molecule has 2 rings (SSSR count). The molecular formula is C27H39NO3. The smallest absolute Gasteiger partial charge is 0.269 e. The molecule has 0 aliphatic rings. The third-order valence-corrected chi connectivity index (χ3v) is 5.75. The highest BCUT2D eigenvalue weighted by Crippen LogP contribution is 2.25. The molecule has 0 spiro atoms. The number of unbranched alkanes of at least 4 members (excludes halogenated alkanes) is 12.